The summed E-state index contributed by atoms with van der Waals surface area (Å²) in [7, 11) is 0. The molecule has 1 aromatic rings. The van der Waals surface area contributed by atoms with Crippen molar-refractivity contribution in [2.24, 2.45) is 0 Å². The van der Waals surface area contributed by atoms with Crippen molar-refractivity contribution in [2.45, 2.75) is 39.3 Å². The summed E-state index contributed by atoms with van der Waals surface area (Å²) in [6.07, 6.45) is 2.12. The van der Waals surface area contributed by atoms with Gasteiger partial charge in [-0.05, 0) is 41.8 Å². The predicted molar refractivity (Wildman–Crippen MR) is 78.9 cm³/mol. The smallest absolute Gasteiger partial charge is 0.219 e. The first-order valence-corrected chi connectivity index (χ1v) is 7.91. The summed E-state index contributed by atoms with van der Waals surface area (Å²) in [5.41, 5.74) is 0. The van der Waals surface area contributed by atoms with Gasteiger partial charge in [0.25, 0.3) is 0 Å². The Morgan fingerprint density at radius 1 is 1.56 bits per heavy atom. The van der Waals surface area contributed by atoms with E-state index in [1.807, 2.05) is 16.2 Å². The summed E-state index contributed by atoms with van der Waals surface area (Å²) < 4.78 is 1.20. The third-order valence-corrected chi connectivity index (χ3v) is 5.55. The lowest BCUT2D eigenvalue weighted by Gasteiger charge is -2.31. The van der Waals surface area contributed by atoms with Crippen LogP contribution in [0.1, 0.15) is 29.5 Å². The van der Waals surface area contributed by atoms with Crippen molar-refractivity contribution in [1.82, 2.24) is 10.2 Å². The SMILES string of the molecule is CC(=O)N1CCC(NCc2cc(Br)c(C)s2)CC1. The van der Waals surface area contributed by atoms with Gasteiger partial charge in [-0.2, -0.15) is 0 Å². The summed E-state index contributed by atoms with van der Waals surface area (Å²) in [6, 6.07) is 2.74. The molecule has 0 spiro atoms. The summed E-state index contributed by atoms with van der Waals surface area (Å²) in [4.78, 5) is 15.9. The molecule has 0 radical (unpaired) electrons. The Hall–Kier alpha value is -0.390. The van der Waals surface area contributed by atoms with E-state index in [0.717, 1.165) is 32.5 Å². The van der Waals surface area contributed by atoms with Gasteiger partial charge in [-0.25, -0.2) is 0 Å². The van der Waals surface area contributed by atoms with E-state index < -0.39 is 0 Å². The van der Waals surface area contributed by atoms with Crippen LogP contribution < -0.4 is 5.32 Å². The first-order valence-electron chi connectivity index (χ1n) is 6.30. The molecule has 0 saturated carbocycles. The zero-order valence-electron chi connectivity index (χ0n) is 10.8. The lowest BCUT2D eigenvalue weighted by molar-refractivity contribution is -0.129. The highest BCUT2D eigenvalue weighted by Gasteiger charge is 2.20. The monoisotopic (exact) mass is 330 g/mol. The van der Waals surface area contributed by atoms with Gasteiger partial charge in [-0.15, -0.1) is 11.3 Å². The fourth-order valence-electron chi connectivity index (χ4n) is 2.25. The van der Waals surface area contributed by atoms with Gasteiger partial charge in [0.1, 0.15) is 0 Å². The molecule has 18 heavy (non-hydrogen) atoms. The van der Waals surface area contributed by atoms with Crippen molar-refractivity contribution < 1.29 is 4.79 Å². The molecule has 1 saturated heterocycles. The Morgan fingerprint density at radius 2 is 2.22 bits per heavy atom. The minimum Gasteiger partial charge on any atom is -0.343 e. The molecule has 100 valence electrons. The van der Waals surface area contributed by atoms with Gasteiger partial charge in [0.05, 0.1) is 0 Å². The zero-order chi connectivity index (χ0) is 13.1. The van der Waals surface area contributed by atoms with E-state index in [-0.39, 0.29) is 5.91 Å². The molecule has 1 aromatic heterocycles. The highest BCUT2D eigenvalue weighted by atomic mass is 79.9. The molecule has 2 rings (SSSR count). The van der Waals surface area contributed by atoms with Gasteiger partial charge in [0, 0.05) is 46.8 Å². The van der Waals surface area contributed by atoms with E-state index in [0.29, 0.717) is 6.04 Å². The molecule has 3 nitrogen and oxygen atoms in total. The van der Waals surface area contributed by atoms with E-state index in [1.54, 1.807) is 6.92 Å². The van der Waals surface area contributed by atoms with Crippen molar-refractivity contribution in [2.75, 3.05) is 13.1 Å². The number of aryl methyl sites for hydroxylation is 1. The molecule has 2 heterocycles. The first kappa shape index (κ1) is 14.0. The molecule has 0 unspecified atom stereocenters. The average Bonchev–Trinajstić information content (AvgIpc) is 2.67. The maximum Gasteiger partial charge on any atom is 0.219 e. The lowest BCUT2D eigenvalue weighted by atomic mass is 10.1. The van der Waals surface area contributed by atoms with Gasteiger partial charge in [0.2, 0.25) is 5.91 Å². The van der Waals surface area contributed by atoms with Gasteiger partial charge in [-0.1, -0.05) is 0 Å². The van der Waals surface area contributed by atoms with E-state index in [9.17, 15) is 4.79 Å². The van der Waals surface area contributed by atoms with Crippen molar-refractivity contribution in [3.05, 3.63) is 20.3 Å². The molecular formula is C13H19BrN2OS. The third-order valence-electron chi connectivity index (χ3n) is 3.41. The predicted octanol–water partition coefficient (Wildman–Crippen LogP) is 2.92. The van der Waals surface area contributed by atoms with Crippen LogP contribution in [0.4, 0.5) is 0 Å². The molecule has 0 aromatic carbocycles. The molecule has 0 atom stereocenters. The normalized spacial score (nSPS) is 17.2. The fraction of sp³-hybridized carbons (Fsp3) is 0.615. The second kappa shape index (κ2) is 6.17. The topological polar surface area (TPSA) is 32.3 Å². The minimum atomic E-state index is 0.200. The average molecular weight is 331 g/mol. The number of rotatable bonds is 3. The summed E-state index contributed by atoms with van der Waals surface area (Å²) in [5, 5.41) is 3.59. The van der Waals surface area contributed by atoms with E-state index in [2.05, 4.69) is 34.2 Å². The lowest BCUT2D eigenvalue weighted by Crippen LogP contribution is -2.43. The molecule has 1 aliphatic heterocycles. The number of hydrogen-bond donors (Lipinski definition) is 1. The summed E-state index contributed by atoms with van der Waals surface area (Å²) in [5.74, 6) is 0.200. The number of hydrogen-bond acceptors (Lipinski definition) is 3. The molecule has 0 aliphatic carbocycles. The molecule has 1 fully saturated rings. The number of halogens is 1. The molecule has 0 bridgehead atoms. The Labute approximate surface area is 121 Å². The Kier molecular flexibility index (Phi) is 4.81. The molecule has 1 aliphatic rings. The number of carbonyl (C=O) groups excluding carboxylic acids is 1. The number of nitrogens with zero attached hydrogens (tertiary/aromatic N) is 1. The minimum absolute atomic E-state index is 0.200. The molecule has 1 amide bonds. The van der Waals surface area contributed by atoms with Gasteiger partial charge in [-0.3, -0.25) is 4.79 Å². The highest BCUT2D eigenvalue weighted by Crippen LogP contribution is 2.26. The number of amides is 1. The highest BCUT2D eigenvalue weighted by molar-refractivity contribution is 9.10. The number of likely N-dealkylation sites (tertiary alicyclic amines) is 1. The molecule has 5 heteroatoms. The van der Waals surface area contributed by atoms with Crippen molar-refractivity contribution in [3.63, 3.8) is 0 Å². The number of nitrogens with one attached hydrogen (secondary N) is 1. The maximum absolute atomic E-state index is 11.2. The van der Waals surface area contributed by atoms with E-state index >= 15 is 0 Å². The standard InChI is InChI=1S/C13H19BrN2OS/c1-9-13(14)7-12(18-9)8-15-11-3-5-16(6-4-11)10(2)17/h7,11,15H,3-6,8H2,1-2H3. The quantitative estimate of drug-likeness (QED) is 0.924. The number of carbonyl (C=O) groups is 1. The Morgan fingerprint density at radius 3 is 2.72 bits per heavy atom. The van der Waals surface area contributed by atoms with Crippen LogP contribution in [0.2, 0.25) is 0 Å². The Balaban J connectivity index is 1.77. The van der Waals surface area contributed by atoms with Crippen LogP contribution in [0, 0.1) is 6.92 Å². The van der Waals surface area contributed by atoms with Gasteiger partial charge < -0.3 is 10.2 Å². The van der Waals surface area contributed by atoms with Crippen LogP contribution in [-0.4, -0.2) is 29.9 Å². The van der Waals surface area contributed by atoms with Crippen molar-refractivity contribution in [1.29, 1.82) is 0 Å². The number of piperidine rings is 1. The van der Waals surface area contributed by atoms with Crippen molar-refractivity contribution in [3.8, 4) is 0 Å². The summed E-state index contributed by atoms with van der Waals surface area (Å²) in [6.45, 7) is 6.49. The third kappa shape index (κ3) is 3.56. The van der Waals surface area contributed by atoms with E-state index in [1.165, 1.54) is 14.2 Å². The molecular weight excluding hydrogens is 312 g/mol. The largest absolute Gasteiger partial charge is 0.343 e. The molecule has 1 N–H and O–H groups in total. The number of thiophene rings is 1. The fourth-order valence-corrected chi connectivity index (χ4v) is 3.80. The summed E-state index contributed by atoms with van der Waals surface area (Å²) >= 11 is 5.38. The second-order valence-corrected chi connectivity index (χ2v) is 6.97. The van der Waals surface area contributed by atoms with Crippen molar-refractivity contribution >= 4 is 33.2 Å². The van der Waals surface area contributed by atoms with Crippen LogP contribution in [0.3, 0.4) is 0 Å². The van der Waals surface area contributed by atoms with Crippen LogP contribution in [-0.2, 0) is 11.3 Å². The van der Waals surface area contributed by atoms with Crippen LogP contribution in [0.5, 0.6) is 0 Å². The maximum atomic E-state index is 11.2. The zero-order valence-corrected chi connectivity index (χ0v) is 13.2. The van der Waals surface area contributed by atoms with Gasteiger partial charge >= 0.3 is 0 Å². The Bertz CT molecular complexity index is 405. The van der Waals surface area contributed by atoms with Gasteiger partial charge in [0.15, 0.2) is 0 Å². The van der Waals surface area contributed by atoms with Crippen LogP contribution in [0.25, 0.3) is 0 Å². The van der Waals surface area contributed by atoms with E-state index in [4.69, 9.17) is 0 Å². The first-order chi connectivity index (χ1) is 8.56. The second-order valence-electron chi connectivity index (χ2n) is 4.78. The van der Waals surface area contributed by atoms with Crippen LogP contribution >= 0.6 is 27.3 Å². The van der Waals surface area contributed by atoms with Crippen LogP contribution in [0.15, 0.2) is 10.5 Å².